The summed E-state index contributed by atoms with van der Waals surface area (Å²) in [6.07, 6.45) is 2.36. The van der Waals surface area contributed by atoms with E-state index in [0.717, 1.165) is 5.56 Å². The van der Waals surface area contributed by atoms with Gasteiger partial charge in [0.1, 0.15) is 18.1 Å². The van der Waals surface area contributed by atoms with E-state index in [9.17, 15) is 14.4 Å². The van der Waals surface area contributed by atoms with Gasteiger partial charge in [-0.3, -0.25) is 14.6 Å². The minimum absolute atomic E-state index is 0.0518. The first kappa shape index (κ1) is 25.3. The highest BCUT2D eigenvalue weighted by molar-refractivity contribution is 5.93. The number of carbonyl (C=O) groups is 3. The van der Waals surface area contributed by atoms with Crippen LogP contribution in [0.2, 0.25) is 0 Å². The van der Waals surface area contributed by atoms with E-state index in [-0.39, 0.29) is 24.3 Å². The average Bonchev–Trinajstić information content (AvgIpc) is 2.72. The van der Waals surface area contributed by atoms with Crippen LogP contribution < -0.4 is 10.6 Å². The van der Waals surface area contributed by atoms with E-state index in [0.29, 0.717) is 6.42 Å². The van der Waals surface area contributed by atoms with E-state index in [1.807, 2.05) is 58.0 Å². The van der Waals surface area contributed by atoms with Crippen LogP contribution >= 0.6 is 0 Å². The third-order valence-corrected chi connectivity index (χ3v) is 4.88. The summed E-state index contributed by atoms with van der Waals surface area (Å²) in [5.41, 5.74) is 0.899. The molecule has 0 saturated carbocycles. The molecule has 7 nitrogen and oxygen atoms in total. The van der Waals surface area contributed by atoms with Crippen LogP contribution in [0.5, 0.6) is 0 Å². The number of hydrogen-bond donors (Lipinski definition) is 2. The van der Waals surface area contributed by atoms with Gasteiger partial charge in [-0.05, 0) is 31.2 Å². The van der Waals surface area contributed by atoms with Crippen molar-refractivity contribution in [2.75, 3.05) is 6.61 Å². The molecular formula is C23H35N3O4. The van der Waals surface area contributed by atoms with Crippen molar-refractivity contribution < 1.29 is 19.1 Å². The lowest BCUT2D eigenvalue weighted by Crippen LogP contribution is -2.55. The lowest BCUT2D eigenvalue weighted by Gasteiger charge is -2.27. The van der Waals surface area contributed by atoms with E-state index < -0.39 is 30.0 Å². The highest BCUT2D eigenvalue weighted by Gasteiger charge is 2.31. The fourth-order valence-electron chi connectivity index (χ4n) is 2.82. The van der Waals surface area contributed by atoms with Crippen molar-refractivity contribution in [3.63, 3.8) is 0 Å². The molecule has 0 heterocycles. The lowest BCUT2D eigenvalue weighted by atomic mass is 9.96. The van der Waals surface area contributed by atoms with Gasteiger partial charge in [0.2, 0.25) is 11.8 Å². The van der Waals surface area contributed by atoms with Crippen molar-refractivity contribution in [3.05, 3.63) is 35.9 Å². The van der Waals surface area contributed by atoms with Crippen LogP contribution in [0.1, 0.15) is 53.5 Å². The molecule has 1 aromatic rings. The van der Waals surface area contributed by atoms with Crippen LogP contribution in [0.3, 0.4) is 0 Å². The molecule has 0 aliphatic carbocycles. The first-order valence-corrected chi connectivity index (χ1v) is 10.6. The number of amides is 2. The van der Waals surface area contributed by atoms with Crippen LogP contribution in [0.15, 0.2) is 35.3 Å². The molecule has 0 saturated heterocycles. The molecule has 30 heavy (non-hydrogen) atoms. The summed E-state index contributed by atoms with van der Waals surface area (Å²) in [6, 6.07) is 7.34. The zero-order valence-electron chi connectivity index (χ0n) is 18.8. The Kier molecular flexibility index (Phi) is 10.8. The second-order valence-corrected chi connectivity index (χ2v) is 7.73. The van der Waals surface area contributed by atoms with Crippen LogP contribution in [0.4, 0.5) is 0 Å². The zero-order chi connectivity index (χ0) is 22.7. The fourth-order valence-corrected chi connectivity index (χ4v) is 2.82. The predicted molar refractivity (Wildman–Crippen MR) is 118 cm³/mol. The number of carbonyl (C=O) groups excluding carboxylic acids is 3. The summed E-state index contributed by atoms with van der Waals surface area (Å²) in [5, 5.41) is 5.49. The summed E-state index contributed by atoms with van der Waals surface area (Å²) < 4.78 is 4.94. The molecule has 0 radical (unpaired) electrons. The smallest absolute Gasteiger partial charge is 0.328 e. The number of hydrogen-bond acceptors (Lipinski definition) is 5. The molecular weight excluding hydrogens is 382 g/mol. The number of nitrogens with zero attached hydrogens (tertiary/aromatic N) is 1. The summed E-state index contributed by atoms with van der Waals surface area (Å²) >= 11 is 0. The van der Waals surface area contributed by atoms with E-state index in [2.05, 4.69) is 15.6 Å². The molecule has 2 amide bonds. The highest BCUT2D eigenvalue weighted by Crippen LogP contribution is 2.12. The van der Waals surface area contributed by atoms with Gasteiger partial charge in [-0.2, -0.15) is 0 Å². The SMILES string of the molecule is CCOC(=O)[C@H](C)NC(=O)[C@@H](NC(=O)[C@@H](N=Cc1ccccc1)C(C)C)[C@@H](C)CC. The minimum atomic E-state index is -0.794. The Morgan fingerprint density at radius 1 is 1.00 bits per heavy atom. The monoisotopic (exact) mass is 417 g/mol. The van der Waals surface area contributed by atoms with Gasteiger partial charge in [-0.15, -0.1) is 0 Å². The van der Waals surface area contributed by atoms with Gasteiger partial charge in [0.25, 0.3) is 0 Å². The Balaban J connectivity index is 2.92. The quantitative estimate of drug-likeness (QED) is 0.427. The molecule has 0 fully saturated rings. The number of rotatable bonds is 11. The normalized spacial score (nSPS) is 15.3. The Labute approximate surface area is 179 Å². The van der Waals surface area contributed by atoms with Gasteiger partial charge in [0.05, 0.1) is 6.61 Å². The van der Waals surface area contributed by atoms with Crippen molar-refractivity contribution in [2.45, 2.75) is 66.1 Å². The van der Waals surface area contributed by atoms with Crippen molar-refractivity contribution in [1.29, 1.82) is 0 Å². The van der Waals surface area contributed by atoms with Gasteiger partial charge in [0.15, 0.2) is 0 Å². The van der Waals surface area contributed by atoms with Gasteiger partial charge in [-0.1, -0.05) is 64.4 Å². The molecule has 1 rings (SSSR count). The Morgan fingerprint density at radius 3 is 2.17 bits per heavy atom. The maximum absolute atomic E-state index is 13.0. The summed E-state index contributed by atoms with van der Waals surface area (Å²) in [7, 11) is 0. The molecule has 7 heteroatoms. The van der Waals surface area contributed by atoms with E-state index >= 15 is 0 Å². The Morgan fingerprint density at radius 2 is 1.63 bits per heavy atom. The van der Waals surface area contributed by atoms with Crippen LogP contribution in [0.25, 0.3) is 0 Å². The molecule has 4 atom stereocenters. The maximum Gasteiger partial charge on any atom is 0.328 e. The second kappa shape index (κ2) is 12.8. The Bertz CT molecular complexity index is 718. The molecule has 0 aromatic heterocycles. The molecule has 0 unspecified atom stereocenters. The number of ether oxygens (including phenoxy) is 1. The van der Waals surface area contributed by atoms with Gasteiger partial charge >= 0.3 is 5.97 Å². The molecule has 2 N–H and O–H groups in total. The van der Waals surface area contributed by atoms with Gasteiger partial charge in [0, 0.05) is 6.21 Å². The summed E-state index contributed by atoms with van der Waals surface area (Å²) in [5.74, 6) is -1.40. The number of aliphatic imine (C=N–C) groups is 1. The summed E-state index contributed by atoms with van der Waals surface area (Å²) in [6.45, 7) is 11.2. The zero-order valence-corrected chi connectivity index (χ0v) is 18.8. The molecule has 0 aliphatic heterocycles. The van der Waals surface area contributed by atoms with E-state index in [1.165, 1.54) is 0 Å². The topological polar surface area (TPSA) is 96.9 Å². The first-order chi connectivity index (χ1) is 14.2. The lowest BCUT2D eigenvalue weighted by molar-refractivity contribution is -0.147. The van der Waals surface area contributed by atoms with Gasteiger partial charge < -0.3 is 15.4 Å². The summed E-state index contributed by atoms with van der Waals surface area (Å²) in [4.78, 5) is 42.1. The standard InChI is InChI=1S/C23H35N3O4/c1-7-16(5)20(22(28)25-17(6)23(29)30-8-2)26-21(27)19(15(3)4)24-14-18-12-10-9-11-13-18/h9-17,19-20H,7-8H2,1-6H3,(H,25,28)(H,26,27)/t16-,17-,19-,20-/m0/s1. The molecule has 1 aromatic carbocycles. The van der Waals surface area contributed by atoms with Crippen LogP contribution in [-0.2, 0) is 19.1 Å². The van der Waals surface area contributed by atoms with Crippen molar-refractivity contribution >= 4 is 24.0 Å². The van der Waals surface area contributed by atoms with Crippen LogP contribution in [0, 0.1) is 11.8 Å². The molecule has 166 valence electrons. The van der Waals surface area contributed by atoms with Crippen molar-refractivity contribution in [2.24, 2.45) is 16.8 Å². The maximum atomic E-state index is 13.0. The third-order valence-electron chi connectivity index (χ3n) is 4.88. The van der Waals surface area contributed by atoms with E-state index in [4.69, 9.17) is 4.74 Å². The predicted octanol–water partition coefficient (Wildman–Crippen LogP) is 2.73. The third kappa shape index (κ3) is 7.97. The minimum Gasteiger partial charge on any atom is -0.464 e. The number of esters is 1. The van der Waals surface area contributed by atoms with Crippen molar-refractivity contribution in [3.8, 4) is 0 Å². The fraction of sp³-hybridized carbons (Fsp3) is 0.565. The van der Waals surface area contributed by atoms with Crippen molar-refractivity contribution in [1.82, 2.24) is 10.6 Å². The average molecular weight is 418 g/mol. The van der Waals surface area contributed by atoms with E-state index in [1.54, 1.807) is 20.1 Å². The highest BCUT2D eigenvalue weighted by atomic mass is 16.5. The Hall–Kier alpha value is -2.70. The van der Waals surface area contributed by atoms with Crippen LogP contribution in [-0.4, -0.2) is 48.7 Å². The molecule has 0 aliphatic rings. The number of benzene rings is 1. The second-order valence-electron chi connectivity index (χ2n) is 7.73. The number of nitrogens with one attached hydrogen (secondary N) is 2. The largest absolute Gasteiger partial charge is 0.464 e. The molecule has 0 spiro atoms. The van der Waals surface area contributed by atoms with Gasteiger partial charge in [-0.25, -0.2) is 4.79 Å². The molecule has 0 bridgehead atoms. The first-order valence-electron chi connectivity index (χ1n) is 10.6.